The van der Waals surface area contributed by atoms with E-state index in [0.717, 1.165) is 5.56 Å². The Balaban J connectivity index is 1.65. The van der Waals surface area contributed by atoms with Crippen LogP contribution < -0.4 is 10.6 Å². The number of rotatable bonds is 9. The lowest BCUT2D eigenvalue weighted by atomic mass is 9.98. The van der Waals surface area contributed by atoms with Gasteiger partial charge in [0, 0.05) is 25.3 Å². The van der Waals surface area contributed by atoms with Gasteiger partial charge in [-0.3, -0.25) is 14.4 Å². The Hall–Kier alpha value is -3.95. The molecule has 1 aliphatic rings. The van der Waals surface area contributed by atoms with E-state index in [4.69, 9.17) is 5.11 Å². The summed E-state index contributed by atoms with van der Waals surface area (Å²) < 4.78 is 14.8. The normalized spacial score (nSPS) is 15.6. The topological polar surface area (TPSA) is 119 Å². The third-order valence-corrected chi connectivity index (χ3v) is 6.22. The summed E-state index contributed by atoms with van der Waals surface area (Å²) in [6, 6.07) is 10.1. The molecule has 1 fully saturated rings. The summed E-state index contributed by atoms with van der Waals surface area (Å²) in [6.07, 6.45) is 0.182. The Morgan fingerprint density at radius 1 is 1.08 bits per heavy atom. The van der Waals surface area contributed by atoms with Gasteiger partial charge in [0.1, 0.15) is 11.9 Å². The number of nitrogens with zero attached hydrogens (tertiary/aromatic N) is 2. The second-order valence-electron chi connectivity index (χ2n) is 9.59. The third kappa shape index (κ3) is 7.52. The summed E-state index contributed by atoms with van der Waals surface area (Å²) in [5.41, 5.74) is 1.86. The lowest BCUT2D eigenvalue weighted by molar-refractivity contribution is -0.152. The van der Waals surface area contributed by atoms with Gasteiger partial charge in [-0.2, -0.15) is 0 Å². The second-order valence-corrected chi connectivity index (χ2v) is 9.59. The molecule has 0 bridgehead atoms. The largest absolute Gasteiger partial charge is 0.481 e. The highest BCUT2D eigenvalue weighted by atomic mass is 19.1. The number of carbonyl (C=O) groups is 4. The smallest absolute Gasteiger partial charge is 0.323 e. The fourth-order valence-electron chi connectivity index (χ4n) is 4.30. The van der Waals surface area contributed by atoms with Gasteiger partial charge in [-0.1, -0.05) is 38.1 Å². The summed E-state index contributed by atoms with van der Waals surface area (Å²) in [5, 5.41) is 14.1. The van der Waals surface area contributed by atoms with Crippen molar-refractivity contribution in [2.24, 2.45) is 5.92 Å². The van der Waals surface area contributed by atoms with Crippen LogP contribution in [-0.4, -0.2) is 64.4 Å². The van der Waals surface area contributed by atoms with Crippen molar-refractivity contribution in [3.05, 3.63) is 59.4 Å². The minimum atomic E-state index is -0.987. The quantitative estimate of drug-likeness (QED) is 0.471. The molecule has 1 atom stereocenters. The molecule has 1 aliphatic heterocycles. The van der Waals surface area contributed by atoms with Crippen molar-refractivity contribution in [3.63, 3.8) is 0 Å². The molecule has 37 heavy (non-hydrogen) atoms. The molecule has 1 unspecified atom stereocenters. The number of hydrogen-bond acceptors (Lipinski definition) is 4. The van der Waals surface area contributed by atoms with Gasteiger partial charge in [-0.25, -0.2) is 9.18 Å². The zero-order valence-electron chi connectivity index (χ0n) is 21.3. The van der Waals surface area contributed by atoms with Crippen LogP contribution in [0.4, 0.5) is 20.6 Å². The van der Waals surface area contributed by atoms with Crippen molar-refractivity contribution in [1.82, 2.24) is 9.80 Å². The van der Waals surface area contributed by atoms with Crippen LogP contribution in [-0.2, 0) is 20.8 Å². The number of piperazine rings is 1. The van der Waals surface area contributed by atoms with E-state index < -0.39 is 23.9 Å². The van der Waals surface area contributed by atoms with Crippen LogP contribution >= 0.6 is 0 Å². The van der Waals surface area contributed by atoms with Gasteiger partial charge in [0.25, 0.3) is 0 Å². The van der Waals surface area contributed by atoms with E-state index in [2.05, 4.69) is 10.6 Å². The molecule has 3 rings (SSSR count). The first kappa shape index (κ1) is 27.6. The van der Waals surface area contributed by atoms with E-state index in [1.807, 2.05) is 32.9 Å². The number of anilines is 2. The molecule has 198 valence electrons. The highest BCUT2D eigenvalue weighted by molar-refractivity contribution is 6.00. The summed E-state index contributed by atoms with van der Waals surface area (Å²) in [6.45, 7) is 6.37. The van der Waals surface area contributed by atoms with Gasteiger partial charge in [-0.05, 0) is 48.6 Å². The van der Waals surface area contributed by atoms with E-state index >= 15 is 0 Å². The van der Waals surface area contributed by atoms with Gasteiger partial charge < -0.3 is 25.5 Å². The Morgan fingerprint density at radius 2 is 1.78 bits per heavy atom. The molecular formula is C27H33FN4O5. The number of carbonyl (C=O) groups excluding carboxylic acids is 3. The van der Waals surface area contributed by atoms with Crippen molar-refractivity contribution >= 4 is 35.2 Å². The summed E-state index contributed by atoms with van der Waals surface area (Å²) in [4.78, 5) is 52.4. The molecule has 0 aromatic heterocycles. The van der Waals surface area contributed by atoms with E-state index in [1.165, 1.54) is 21.9 Å². The SMILES string of the molecule is Cc1ccccc1NC(=O)Nc1ccc(CC(=O)N2CCN(CCC(=O)O)C(=O)C2CC(C)C)cc1F. The molecule has 1 heterocycles. The number of hydrogen-bond donors (Lipinski definition) is 3. The van der Waals surface area contributed by atoms with Crippen molar-refractivity contribution < 1.29 is 28.7 Å². The van der Waals surface area contributed by atoms with Gasteiger partial charge in [0.05, 0.1) is 18.5 Å². The Morgan fingerprint density at radius 3 is 2.43 bits per heavy atom. The summed E-state index contributed by atoms with van der Waals surface area (Å²) in [7, 11) is 0. The van der Waals surface area contributed by atoms with Crippen molar-refractivity contribution in [2.45, 2.75) is 46.1 Å². The minimum absolute atomic E-state index is 0.0257. The number of urea groups is 1. The number of para-hydroxylation sites is 1. The van der Waals surface area contributed by atoms with E-state index in [0.29, 0.717) is 17.7 Å². The molecule has 1 saturated heterocycles. The van der Waals surface area contributed by atoms with E-state index in [9.17, 15) is 23.6 Å². The fourth-order valence-corrected chi connectivity index (χ4v) is 4.30. The Labute approximate surface area is 215 Å². The van der Waals surface area contributed by atoms with Crippen LogP contribution in [0.1, 0.15) is 37.8 Å². The molecule has 9 nitrogen and oxygen atoms in total. The van der Waals surface area contributed by atoms with Crippen molar-refractivity contribution in [2.75, 3.05) is 30.3 Å². The van der Waals surface area contributed by atoms with Crippen LogP contribution in [0.15, 0.2) is 42.5 Å². The molecular weight excluding hydrogens is 479 g/mol. The third-order valence-electron chi connectivity index (χ3n) is 6.22. The molecule has 3 N–H and O–H groups in total. The average molecular weight is 513 g/mol. The van der Waals surface area contributed by atoms with Crippen LogP contribution in [0, 0.1) is 18.7 Å². The van der Waals surface area contributed by atoms with Crippen LogP contribution in [0.25, 0.3) is 0 Å². The highest BCUT2D eigenvalue weighted by Crippen LogP contribution is 2.22. The summed E-state index contributed by atoms with van der Waals surface area (Å²) in [5.74, 6) is -2.11. The minimum Gasteiger partial charge on any atom is -0.481 e. The lowest BCUT2D eigenvalue weighted by Gasteiger charge is -2.41. The molecule has 0 saturated carbocycles. The number of halogens is 1. The first-order valence-corrected chi connectivity index (χ1v) is 12.3. The van der Waals surface area contributed by atoms with Crippen LogP contribution in [0.5, 0.6) is 0 Å². The monoisotopic (exact) mass is 512 g/mol. The van der Waals surface area contributed by atoms with Crippen molar-refractivity contribution in [1.29, 1.82) is 0 Å². The number of amides is 4. The zero-order valence-corrected chi connectivity index (χ0v) is 21.3. The first-order chi connectivity index (χ1) is 17.5. The zero-order chi connectivity index (χ0) is 27.1. The maximum absolute atomic E-state index is 14.8. The number of nitrogens with one attached hydrogen (secondary N) is 2. The van der Waals surface area contributed by atoms with Crippen molar-refractivity contribution in [3.8, 4) is 0 Å². The maximum Gasteiger partial charge on any atom is 0.323 e. The predicted molar refractivity (Wildman–Crippen MR) is 138 cm³/mol. The predicted octanol–water partition coefficient (Wildman–Crippen LogP) is 3.88. The van der Waals surface area contributed by atoms with Crippen LogP contribution in [0.2, 0.25) is 0 Å². The van der Waals surface area contributed by atoms with Gasteiger partial charge in [0.2, 0.25) is 11.8 Å². The average Bonchev–Trinajstić information content (AvgIpc) is 2.82. The number of aryl methyl sites for hydroxylation is 1. The molecule has 4 amide bonds. The molecule has 0 spiro atoms. The highest BCUT2D eigenvalue weighted by Gasteiger charge is 2.37. The molecule has 0 radical (unpaired) electrons. The molecule has 10 heteroatoms. The number of benzene rings is 2. The fraction of sp³-hybridized carbons (Fsp3) is 0.407. The Kier molecular flexibility index (Phi) is 9.21. The molecule has 0 aliphatic carbocycles. The van der Waals surface area contributed by atoms with Crippen LogP contribution in [0.3, 0.4) is 0 Å². The number of aliphatic carboxylic acids is 1. The first-order valence-electron chi connectivity index (χ1n) is 12.3. The van der Waals surface area contributed by atoms with Gasteiger partial charge in [-0.15, -0.1) is 0 Å². The molecule has 2 aromatic rings. The lowest BCUT2D eigenvalue weighted by Crippen LogP contribution is -2.59. The van der Waals surface area contributed by atoms with E-state index in [1.54, 1.807) is 18.2 Å². The number of carboxylic acid groups (broad SMARTS) is 1. The number of carboxylic acids is 1. The molecule has 2 aromatic carbocycles. The Bertz CT molecular complexity index is 1170. The standard InChI is InChI=1S/C27H33FN4O5/c1-17(2)14-23-26(36)31(11-10-25(34)35)12-13-32(23)24(33)16-19-8-9-22(20(28)15-19)30-27(37)29-21-7-5-4-6-18(21)3/h4-9,15,17,23H,10-14,16H2,1-3H3,(H,34,35)(H2,29,30,37). The maximum atomic E-state index is 14.8. The summed E-state index contributed by atoms with van der Waals surface area (Å²) >= 11 is 0. The van der Waals surface area contributed by atoms with E-state index in [-0.39, 0.29) is 55.9 Å². The van der Waals surface area contributed by atoms with Gasteiger partial charge >= 0.3 is 12.0 Å². The van der Waals surface area contributed by atoms with Gasteiger partial charge in [0.15, 0.2) is 0 Å². The second kappa shape index (κ2) is 12.3.